The van der Waals surface area contributed by atoms with Crippen molar-refractivity contribution < 1.29 is 0 Å². The average molecular weight is 294 g/mol. The summed E-state index contributed by atoms with van der Waals surface area (Å²) in [5, 5.41) is 14.7. The first-order valence-corrected chi connectivity index (χ1v) is 6.21. The van der Waals surface area contributed by atoms with Crippen molar-refractivity contribution in [2.24, 2.45) is 0 Å². The van der Waals surface area contributed by atoms with Crippen LogP contribution in [0.15, 0.2) is 30.5 Å². The number of nitrogens with one attached hydrogen (secondary N) is 2. The largest absolute Gasteiger partial charge is 0.382 e. The van der Waals surface area contributed by atoms with Gasteiger partial charge in [0.15, 0.2) is 5.82 Å². The second-order valence-electron chi connectivity index (χ2n) is 3.96. The third-order valence-electron chi connectivity index (χ3n) is 2.77. The van der Waals surface area contributed by atoms with Crippen LogP contribution in [-0.4, -0.2) is 20.4 Å². The predicted molar refractivity (Wildman–Crippen MR) is 76.0 cm³/mol. The van der Waals surface area contributed by atoms with E-state index in [1.54, 1.807) is 18.3 Å². The van der Waals surface area contributed by atoms with E-state index in [-0.39, 0.29) is 0 Å². The molecule has 0 saturated carbocycles. The van der Waals surface area contributed by atoms with Crippen molar-refractivity contribution in [1.82, 2.24) is 20.4 Å². The van der Waals surface area contributed by atoms with Crippen LogP contribution >= 0.6 is 23.2 Å². The number of H-pyrrole nitrogens is 2. The molecule has 0 spiro atoms. The first-order chi connectivity index (χ1) is 9.16. The van der Waals surface area contributed by atoms with Gasteiger partial charge in [0, 0.05) is 6.20 Å². The number of benzene rings is 1. The molecule has 0 radical (unpaired) electrons. The van der Waals surface area contributed by atoms with Crippen molar-refractivity contribution in [1.29, 1.82) is 0 Å². The molecule has 0 saturated heterocycles. The van der Waals surface area contributed by atoms with E-state index < -0.39 is 0 Å². The average Bonchev–Trinajstić information content (AvgIpc) is 3.01. The van der Waals surface area contributed by atoms with Crippen LogP contribution in [-0.2, 0) is 0 Å². The van der Waals surface area contributed by atoms with Crippen LogP contribution in [0.1, 0.15) is 0 Å². The molecule has 0 unspecified atom stereocenters. The number of nitrogens with zero attached hydrogens (tertiary/aromatic N) is 2. The highest BCUT2D eigenvalue weighted by Gasteiger charge is 2.16. The first-order valence-electron chi connectivity index (χ1n) is 5.46. The van der Waals surface area contributed by atoms with Crippen molar-refractivity contribution in [3.05, 3.63) is 40.5 Å². The molecule has 7 heteroatoms. The van der Waals surface area contributed by atoms with E-state index in [9.17, 15) is 0 Å². The Labute approximate surface area is 118 Å². The van der Waals surface area contributed by atoms with Gasteiger partial charge in [0.25, 0.3) is 0 Å². The quantitative estimate of drug-likeness (QED) is 0.677. The topological polar surface area (TPSA) is 83.4 Å². The molecule has 0 bridgehead atoms. The van der Waals surface area contributed by atoms with Gasteiger partial charge in [-0.2, -0.15) is 10.2 Å². The van der Waals surface area contributed by atoms with Crippen molar-refractivity contribution in [3.63, 3.8) is 0 Å². The molecule has 0 aliphatic heterocycles. The summed E-state index contributed by atoms with van der Waals surface area (Å²) in [7, 11) is 0. The molecule has 0 aliphatic carbocycles. The van der Waals surface area contributed by atoms with Gasteiger partial charge in [-0.3, -0.25) is 10.2 Å². The van der Waals surface area contributed by atoms with E-state index in [2.05, 4.69) is 20.4 Å². The number of aromatic amines is 2. The third kappa shape index (κ3) is 2.07. The summed E-state index contributed by atoms with van der Waals surface area (Å²) in [4.78, 5) is 0. The minimum atomic E-state index is 0.392. The van der Waals surface area contributed by atoms with E-state index in [4.69, 9.17) is 28.9 Å². The highest BCUT2D eigenvalue weighted by Crippen LogP contribution is 2.36. The Morgan fingerprint density at radius 3 is 2.58 bits per heavy atom. The number of rotatable bonds is 2. The van der Waals surface area contributed by atoms with E-state index in [0.29, 0.717) is 15.9 Å². The van der Waals surface area contributed by atoms with Gasteiger partial charge in [-0.25, -0.2) is 0 Å². The van der Waals surface area contributed by atoms with E-state index in [1.165, 1.54) is 0 Å². The van der Waals surface area contributed by atoms with Crippen LogP contribution in [0.5, 0.6) is 0 Å². The fourth-order valence-corrected chi connectivity index (χ4v) is 2.19. The monoisotopic (exact) mass is 293 g/mol. The van der Waals surface area contributed by atoms with Crippen LogP contribution in [0, 0.1) is 0 Å². The molecule has 2 aromatic heterocycles. The number of aromatic nitrogens is 4. The number of nitrogen functional groups attached to an aromatic ring is 1. The molecule has 4 N–H and O–H groups in total. The summed E-state index contributed by atoms with van der Waals surface area (Å²) in [5.74, 6) is 0.392. The van der Waals surface area contributed by atoms with Crippen LogP contribution in [0.4, 0.5) is 5.82 Å². The van der Waals surface area contributed by atoms with Gasteiger partial charge < -0.3 is 5.73 Å². The highest BCUT2D eigenvalue weighted by atomic mass is 35.5. The molecule has 0 atom stereocenters. The zero-order chi connectivity index (χ0) is 13.4. The maximum absolute atomic E-state index is 6.04. The van der Waals surface area contributed by atoms with Gasteiger partial charge in [-0.15, -0.1) is 0 Å². The molecular weight excluding hydrogens is 285 g/mol. The summed E-state index contributed by atoms with van der Waals surface area (Å²) in [5.41, 5.74) is 9.07. The Kier molecular flexibility index (Phi) is 2.93. The molecule has 3 aromatic rings. The van der Waals surface area contributed by atoms with Crippen molar-refractivity contribution in [2.45, 2.75) is 0 Å². The summed E-state index contributed by atoms with van der Waals surface area (Å²) >= 11 is 12.0. The molecule has 0 amide bonds. The van der Waals surface area contributed by atoms with Crippen LogP contribution in [0.25, 0.3) is 22.5 Å². The van der Waals surface area contributed by atoms with Crippen molar-refractivity contribution >= 4 is 29.0 Å². The van der Waals surface area contributed by atoms with Gasteiger partial charge in [-0.1, -0.05) is 29.3 Å². The van der Waals surface area contributed by atoms with Gasteiger partial charge in [-0.05, 0) is 23.8 Å². The normalized spacial score (nSPS) is 10.8. The predicted octanol–water partition coefficient (Wildman–Crippen LogP) is 3.36. The summed E-state index contributed by atoms with van der Waals surface area (Å²) in [6.07, 6.45) is 1.66. The van der Waals surface area contributed by atoms with Crippen LogP contribution < -0.4 is 5.73 Å². The minimum absolute atomic E-state index is 0.392. The number of nitrogens with two attached hydrogens (primary N) is 1. The standard InChI is InChI=1S/C12H9Cl2N5/c13-7-2-1-6(5-8(7)14)10-11(18-19-12(10)15)9-3-4-16-17-9/h1-5H,(H,16,17)(H3,15,18,19). The lowest BCUT2D eigenvalue weighted by atomic mass is 10.0. The molecule has 96 valence electrons. The molecule has 1 aromatic carbocycles. The molecule has 0 aliphatic rings. The molecule has 3 rings (SSSR count). The zero-order valence-corrected chi connectivity index (χ0v) is 11.1. The smallest absolute Gasteiger partial charge is 0.153 e. The van der Waals surface area contributed by atoms with Gasteiger partial charge in [0.2, 0.25) is 0 Å². The van der Waals surface area contributed by atoms with Gasteiger partial charge >= 0.3 is 0 Å². The second kappa shape index (κ2) is 4.60. The summed E-state index contributed by atoms with van der Waals surface area (Å²) < 4.78 is 0. The second-order valence-corrected chi connectivity index (χ2v) is 4.77. The van der Waals surface area contributed by atoms with Crippen molar-refractivity contribution in [2.75, 3.05) is 5.73 Å². The maximum Gasteiger partial charge on any atom is 0.153 e. The molecule has 0 fully saturated rings. The summed E-state index contributed by atoms with van der Waals surface area (Å²) in [6, 6.07) is 7.15. The lowest BCUT2D eigenvalue weighted by molar-refractivity contribution is 1.06. The van der Waals surface area contributed by atoms with Crippen LogP contribution in [0.2, 0.25) is 10.0 Å². The first kappa shape index (κ1) is 12.1. The fourth-order valence-electron chi connectivity index (χ4n) is 1.89. The van der Waals surface area contributed by atoms with E-state index in [1.807, 2.05) is 12.1 Å². The number of halogens is 2. The van der Waals surface area contributed by atoms with E-state index >= 15 is 0 Å². The molecule has 19 heavy (non-hydrogen) atoms. The Morgan fingerprint density at radius 2 is 1.89 bits per heavy atom. The maximum atomic E-state index is 6.04. The third-order valence-corrected chi connectivity index (χ3v) is 3.51. The lowest BCUT2D eigenvalue weighted by Gasteiger charge is -2.04. The Balaban J connectivity index is 2.19. The SMILES string of the molecule is Nc1n[nH]c(-c2ccn[nH]2)c1-c1ccc(Cl)c(Cl)c1. The lowest BCUT2D eigenvalue weighted by Crippen LogP contribution is -1.89. The van der Waals surface area contributed by atoms with Crippen molar-refractivity contribution in [3.8, 4) is 22.5 Å². The van der Waals surface area contributed by atoms with Crippen LogP contribution in [0.3, 0.4) is 0 Å². The fraction of sp³-hybridized carbons (Fsp3) is 0. The Hall–Kier alpha value is -1.98. The minimum Gasteiger partial charge on any atom is -0.382 e. The van der Waals surface area contributed by atoms with Gasteiger partial charge in [0.1, 0.15) is 0 Å². The summed E-state index contributed by atoms with van der Waals surface area (Å²) in [6.45, 7) is 0. The molecule has 2 heterocycles. The van der Waals surface area contributed by atoms with Gasteiger partial charge in [0.05, 0.1) is 27.0 Å². The Bertz CT molecular complexity index is 718. The molecule has 5 nitrogen and oxygen atoms in total. The van der Waals surface area contributed by atoms with E-state index in [0.717, 1.165) is 22.5 Å². The zero-order valence-electron chi connectivity index (χ0n) is 9.61. The number of hydrogen-bond donors (Lipinski definition) is 3. The Morgan fingerprint density at radius 1 is 1.05 bits per heavy atom. The number of hydrogen-bond acceptors (Lipinski definition) is 3. The number of anilines is 1. The molecular formula is C12H9Cl2N5. The highest BCUT2D eigenvalue weighted by molar-refractivity contribution is 6.42.